The standard InChI is InChI=1S/C12H13ClN4S/c1-12(2)3-6(14)9-7(4-12)17-8-10(13)15-5-16-11(8)18-9/h5H,3-4,14H2,1-2H3. The minimum atomic E-state index is 0.145. The number of aromatic nitrogens is 2. The molecule has 0 aromatic carbocycles. The maximum Gasteiger partial charge on any atom is 0.159 e. The molecule has 1 aromatic heterocycles. The van der Waals surface area contributed by atoms with Crippen molar-refractivity contribution in [1.82, 2.24) is 9.97 Å². The van der Waals surface area contributed by atoms with Crippen molar-refractivity contribution in [3.05, 3.63) is 22.1 Å². The van der Waals surface area contributed by atoms with Crippen molar-refractivity contribution in [2.75, 3.05) is 0 Å². The van der Waals surface area contributed by atoms with Gasteiger partial charge in [-0.25, -0.2) is 15.0 Å². The molecule has 0 spiro atoms. The molecule has 0 atom stereocenters. The monoisotopic (exact) mass is 280 g/mol. The van der Waals surface area contributed by atoms with E-state index < -0.39 is 0 Å². The van der Waals surface area contributed by atoms with Crippen LogP contribution in [0.2, 0.25) is 5.15 Å². The molecule has 2 heterocycles. The quantitative estimate of drug-likeness (QED) is 0.741. The fraction of sp³-hybridized carbons (Fsp3) is 0.417. The second kappa shape index (κ2) is 3.96. The molecule has 4 nitrogen and oxygen atoms in total. The summed E-state index contributed by atoms with van der Waals surface area (Å²) in [4.78, 5) is 13.9. The molecule has 2 N–H and O–H groups in total. The van der Waals surface area contributed by atoms with Gasteiger partial charge in [0.1, 0.15) is 17.0 Å². The first kappa shape index (κ1) is 12.0. The highest BCUT2D eigenvalue weighted by atomic mass is 35.5. The Kier molecular flexibility index (Phi) is 2.64. The van der Waals surface area contributed by atoms with Crippen LogP contribution in [0.25, 0.3) is 0 Å². The van der Waals surface area contributed by atoms with E-state index in [0.29, 0.717) is 10.8 Å². The van der Waals surface area contributed by atoms with Gasteiger partial charge in [-0.2, -0.15) is 0 Å². The number of halogens is 1. The highest BCUT2D eigenvalue weighted by Crippen LogP contribution is 2.48. The smallest absolute Gasteiger partial charge is 0.159 e. The molecule has 1 aliphatic carbocycles. The predicted molar refractivity (Wildman–Crippen MR) is 74.2 cm³/mol. The largest absolute Gasteiger partial charge is 0.401 e. The minimum Gasteiger partial charge on any atom is -0.401 e. The molecule has 6 heteroatoms. The summed E-state index contributed by atoms with van der Waals surface area (Å²) in [6.45, 7) is 4.39. The Morgan fingerprint density at radius 3 is 2.89 bits per heavy atom. The van der Waals surface area contributed by atoms with E-state index in [2.05, 4.69) is 28.8 Å². The van der Waals surface area contributed by atoms with Crippen molar-refractivity contribution < 1.29 is 0 Å². The molecule has 18 heavy (non-hydrogen) atoms. The lowest BCUT2D eigenvalue weighted by atomic mass is 9.78. The third-order valence-electron chi connectivity index (χ3n) is 3.06. The van der Waals surface area contributed by atoms with E-state index in [-0.39, 0.29) is 5.41 Å². The number of thioether (sulfide) groups is 1. The lowest BCUT2D eigenvalue weighted by Gasteiger charge is -2.33. The number of hydrogen-bond donors (Lipinski definition) is 1. The van der Waals surface area contributed by atoms with Gasteiger partial charge in [-0.05, 0) is 18.3 Å². The summed E-state index contributed by atoms with van der Waals surface area (Å²) < 4.78 is 0. The van der Waals surface area contributed by atoms with Crippen LogP contribution < -0.4 is 5.73 Å². The molecule has 0 radical (unpaired) electrons. The SMILES string of the molecule is CC1(C)CC2=Nc3c(Cl)ncnc3SC2=C(N)C1. The first-order valence-electron chi connectivity index (χ1n) is 5.71. The lowest BCUT2D eigenvalue weighted by Crippen LogP contribution is -2.28. The highest BCUT2D eigenvalue weighted by molar-refractivity contribution is 8.04. The van der Waals surface area contributed by atoms with Crippen molar-refractivity contribution in [1.29, 1.82) is 0 Å². The van der Waals surface area contributed by atoms with Crippen LogP contribution in [0.15, 0.2) is 26.9 Å². The second-order valence-electron chi connectivity index (χ2n) is 5.35. The molecule has 94 valence electrons. The van der Waals surface area contributed by atoms with Gasteiger partial charge in [-0.1, -0.05) is 37.2 Å². The van der Waals surface area contributed by atoms with Gasteiger partial charge < -0.3 is 5.73 Å². The molecule has 2 aliphatic rings. The Hall–Kier alpha value is -1.07. The maximum atomic E-state index is 6.16. The average molecular weight is 281 g/mol. The van der Waals surface area contributed by atoms with E-state index >= 15 is 0 Å². The second-order valence-corrected chi connectivity index (χ2v) is 6.71. The van der Waals surface area contributed by atoms with Crippen molar-refractivity contribution >= 4 is 34.8 Å². The van der Waals surface area contributed by atoms with Crippen molar-refractivity contribution in [2.24, 2.45) is 16.1 Å². The topological polar surface area (TPSA) is 64.2 Å². The maximum absolute atomic E-state index is 6.16. The zero-order valence-electron chi connectivity index (χ0n) is 10.2. The van der Waals surface area contributed by atoms with Gasteiger partial charge >= 0.3 is 0 Å². The van der Waals surface area contributed by atoms with Gasteiger partial charge in [0.2, 0.25) is 0 Å². The molecule has 0 saturated heterocycles. The number of hydrogen-bond acceptors (Lipinski definition) is 5. The molecule has 1 aliphatic heterocycles. The van der Waals surface area contributed by atoms with Crippen LogP contribution in [0, 0.1) is 5.41 Å². The summed E-state index contributed by atoms with van der Waals surface area (Å²) in [7, 11) is 0. The Morgan fingerprint density at radius 1 is 1.33 bits per heavy atom. The van der Waals surface area contributed by atoms with Gasteiger partial charge in [-0.3, -0.25) is 0 Å². The molecule has 3 rings (SSSR count). The van der Waals surface area contributed by atoms with Crippen molar-refractivity contribution in [2.45, 2.75) is 31.7 Å². The Morgan fingerprint density at radius 2 is 2.11 bits per heavy atom. The van der Waals surface area contributed by atoms with Crippen molar-refractivity contribution in [3.8, 4) is 0 Å². The number of aliphatic imine (C=N–C) groups is 1. The highest BCUT2D eigenvalue weighted by Gasteiger charge is 2.34. The third kappa shape index (κ3) is 1.91. The molecular formula is C12H13ClN4S. The van der Waals surface area contributed by atoms with E-state index in [1.165, 1.54) is 6.33 Å². The summed E-state index contributed by atoms with van der Waals surface area (Å²) in [5.74, 6) is 0. The van der Waals surface area contributed by atoms with Crippen molar-refractivity contribution in [3.63, 3.8) is 0 Å². The van der Waals surface area contributed by atoms with E-state index in [4.69, 9.17) is 17.3 Å². The van der Waals surface area contributed by atoms with Gasteiger partial charge in [0.05, 0.1) is 10.6 Å². The van der Waals surface area contributed by atoms with Crippen LogP contribution in [0.1, 0.15) is 26.7 Å². The Bertz CT molecular complexity index is 592. The number of nitrogens with zero attached hydrogens (tertiary/aromatic N) is 3. The summed E-state index contributed by atoms with van der Waals surface area (Å²) in [6, 6.07) is 0. The molecule has 0 unspecified atom stereocenters. The molecule has 0 fully saturated rings. The Labute approximate surface area is 115 Å². The number of rotatable bonds is 0. The summed E-state index contributed by atoms with van der Waals surface area (Å²) in [6.07, 6.45) is 3.25. The Balaban J connectivity index is 2.16. The predicted octanol–water partition coefficient (Wildman–Crippen LogP) is 3.30. The normalized spacial score (nSPS) is 21.2. The van der Waals surface area contributed by atoms with Crippen LogP contribution in [-0.4, -0.2) is 15.7 Å². The molecule has 1 aromatic rings. The zero-order valence-corrected chi connectivity index (χ0v) is 11.8. The van der Waals surface area contributed by atoms with Crippen LogP contribution in [0.5, 0.6) is 0 Å². The van der Waals surface area contributed by atoms with E-state index in [9.17, 15) is 0 Å². The van der Waals surface area contributed by atoms with Gasteiger partial charge in [0.15, 0.2) is 5.15 Å². The van der Waals surface area contributed by atoms with E-state index in [0.717, 1.165) is 34.2 Å². The number of fused-ring (bicyclic) bond motifs is 2. The van der Waals surface area contributed by atoms with E-state index in [1.54, 1.807) is 11.8 Å². The fourth-order valence-electron chi connectivity index (χ4n) is 2.33. The fourth-order valence-corrected chi connectivity index (χ4v) is 3.54. The van der Waals surface area contributed by atoms with Crippen LogP contribution in [0.3, 0.4) is 0 Å². The molecule has 0 bridgehead atoms. The van der Waals surface area contributed by atoms with E-state index in [1.807, 2.05) is 0 Å². The van der Waals surface area contributed by atoms with Gasteiger partial charge in [0.25, 0.3) is 0 Å². The molecular weight excluding hydrogens is 268 g/mol. The first-order valence-corrected chi connectivity index (χ1v) is 6.91. The third-order valence-corrected chi connectivity index (χ3v) is 4.53. The van der Waals surface area contributed by atoms with Crippen LogP contribution in [0.4, 0.5) is 5.69 Å². The van der Waals surface area contributed by atoms with Crippen LogP contribution in [-0.2, 0) is 0 Å². The summed E-state index contributed by atoms with van der Waals surface area (Å²) in [5, 5.41) is 1.19. The lowest BCUT2D eigenvalue weighted by molar-refractivity contribution is 0.371. The molecule has 0 saturated carbocycles. The zero-order chi connectivity index (χ0) is 12.9. The van der Waals surface area contributed by atoms with Crippen LogP contribution >= 0.6 is 23.4 Å². The van der Waals surface area contributed by atoms with Gasteiger partial charge in [0, 0.05) is 5.70 Å². The number of nitrogens with two attached hydrogens (primary N) is 1. The van der Waals surface area contributed by atoms with Gasteiger partial charge in [-0.15, -0.1) is 0 Å². The summed E-state index contributed by atoms with van der Waals surface area (Å²) in [5.41, 5.74) is 8.89. The molecule has 0 amide bonds. The first-order chi connectivity index (χ1) is 8.46. The average Bonchev–Trinajstić information content (AvgIpc) is 2.27. The number of allylic oxidation sites excluding steroid dienone is 2. The summed E-state index contributed by atoms with van der Waals surface area (Å²) >= 11 is 7.61. The minimum absolute atomic E-state index is 0.145.